The molecule has 0 radical (unpaired) electrons. The van der Waals surface area contributed by atoms with Gasteiger partial charge in [0.1, 0.15) is 0 Å². The Morgan fingerprint density at radius 3 is 2.50 bits per heavy atom. The van der Waals surface area contributed by atoms with Crippen LogP contribution in [0.15, 0.2) is 29.7 Å². The van der Waals surface area contributed by atoms with Crippen LogP contribution in [0.5, 0.6) is 11.5 Å². The third-order valence-electron chi connectivity index (χ3n) is 2.67. The van der Waals surface area contributed by atoms with E-state index in [1.165, 1.54) is 5.41 Å². The van der Waals surface area contributed by atoms with Crippen LogP contribution in [-0.4, -0.2) is 34.4 Å². The van der Waals surface area contributed by atoms with Gasteiger partial charge in [0.15, 0.2) is 21.3 Å². The van der Waals surface area contributed by atoms with Crippen molar-refractivity contribution in [3.63, 3.8) is 0 Å². The van der Waals surface area contributed by atoms with Crippen molar-refractivity contribution in [3.8, 4) is 11.5 Å². The highest BCUT2D eigenvalue weighted by atomic mass is 32.2. The van der Waals surface area contributed by atoms with E-state index in [1.54, 1.807) is 32.4 Å². The highest BCUT2D eigenvalue weighted by Crippen LogP contribution is 2.30. The van der Waals surface area contributed by atoms with E-state index in [4.69, 9.17) is 9.47 Å². The van der Waals surface area contributed by atoms with E-state index in [2.05, 4.69) is 5.32 Å². The molecule has 0 spiro atoms. The largest absolute Gasteiger partial charge is 0.493 e. The Labute approximate surface area is 106 Å². The summed E-state index contributed by atoms with van der Waals surface area (Å²) in [6.07, 6.45) is 1.64. The zero-order chi connectivity index (χ0) is 13.2. The average molecular weight is 269 g/mol. The number of rotatable bonds is 4. The van der Waals surface area contributed by atoms with Crippen LogP contribution in [0.1, 0.15) is 0 Å². The maximum Gasteiger partial charge on any atom is 0.173 e. The molecule has 0 aromatic heterocycles. The number of nitrogens with one attached hydrogen (secondary N) is 1. The molecule has 1 heterocycles. The summed E-state index contributed by atoms with van der Waals surface area (Å²) >= 11 is 0. The van der Waals surface area contributed by atoms with Gasteiger partial charge in [-0.05, 0) is 12.1 Å². The van der Waals surface area contributed by atoms with Crippen molar-refractivity contribution >= 4 is 15.5 Å². The zero-order valence-corrected chi connectivity index (χ0v) is 11.0. The van der Waals surface area contributed by atoms with E-state index >= 15 is 0 Å². The summed E-state index contributed by atoms with van der Waals surface area (Å²) in [5.41, 5.74) is 0.791. The van der Waals surface area contributed by atoms with Crippen LogP contribution in [0.2, 0.25) is 0 Å². The third kappa shape index (κ3) is 2.76. The molecule has 6 heteroatoms. The van der Waals surface area contributed by atoms with E-state index in [0.717, 1.165) is 5.69 Å². The lowest BCUT2D eigenvalue weighted by atomic mass is 10.2. The summed E-state index contributed by atoms with van der Waals surface area (Å²) < 4.78 is 32.9. The van der Waals surface area contributed by atoms with Gasteiger partial charge in [0.2, 0.25) is 0 Å². The number of anilines is 1. The number of hydrogen-bond acceptors (Lipinski definition) is 5. The molecule has 0 bridgehead atoms. The molecule has 1 N–H and O–H groups in total. The Morgan fingerprint density at radius 2 is 1.94 bits per heavy atom. The lowest BCUT2D eigenvalue weighted by molar-refractivity contribution is 0.355. The second-order valence-electron chi connectivity index (χ2n) is 3.98. The molecular weight excluding hydrogens is 254 g/mol. The molecule has 2 rings (SSSR count). The van der Waals surface area contributed by atoms with Gasteiger partial charge in [0, 0.05) is 17.2 Å². The number of sulfone groups is 1. The molecule has 0 unspecified atom stereocenters. The molecule has 5 nitrogen and oxygen atoms in total. The van der Waals surface area contributed by atoms with Crippen LogP contribution in [0, 0.1) is 0 Å². The van der Waals surface area contributed by atoms with Crippen molar-refractivity contribution in [1.82, 2.24) is 0 Å². The number of methoxy groups -OCH3 is 2. The lowest BCUT2D eigenvalue weighted by Crippen LogP contribution is -2.20. The summed E-state index contributed by atoms with van der Waals surface area (Å²) in [6, 6.07) is 5.17. The maximum atomic E-state index is 11.3. The fourth-order valence-corrected chi connectivity index (χ4v) is 3.04. The first-order chi connectivity index (χ1) is 8.54. The third-order valence-corrected chi connectivity index (χ3v) is 4.06. The molecule has 1 aromatic carbocycles. The summed E-state index contributed by atoms with van der Waals surface area (Å²) in [6.45, 7) is 0. The van der Waals surface area contributed by atoms with Gasteiger partial charge in [0.25, 0.3) is 0 Å². The molecule has 1 aromatic rings. The van der Waals surface area contributed by atoms with Crippen molar-refractivity contribution in [3.05, 3.63) is 29.7 Å². The minimum Gasteiger partial charge on any atom is -0.493 e. The highest BCUT2D eigenvalue weighted by molar-refractivity contribution is 7.94. The molecule has 0 saturated heterocycles. The van der Waals surface area contributed by atoms with Gasteiger partial charge in [-0.2, -0.15) is 0 Å². The number of ether oxygens (including phenoxy) is 2. The zero-order valence-electron chi connectivity index (χ0n) is 10.2. The summed E-state index contributed by atoms with van der Waals surface area (Å²) in [4.78, 5) is 0. The van der Waals surface area contributed by atoms with Crippen molar-refractivity contribution < 1.29 is 17.9 Å². The van der Waals surface area contributed by atoms with E-state index < -0.39 is 9.84 Å². The van der Waals surface area contributed by atoms with Gasteiger partial charge in [0.05, 0.1) is 26.0 Å². The first kappa shape index (κ1) is 12.8. The van der Waals surface area contributed by atoms with Gasteiger partial charge in [-0.3, -0.25) is 0 Å². The Bertz CT molecular complexity index is 565. The minimum atomic E-state index is -3.04. The van der Waals surface area contributed by atoms with Crippen molar-refractivity contribution in [1.29, 1.82) is 0 Å². The molecule has 0 saturated carbocycles. The topological polar surface area (TPSA) is 64.6 Å². The van der Waals surface area contributed by atoms with Crippen LogP contribution < -0.4 is 14.8 Å². The monoisotopic (exact) mass is 269 g/mol. The van der Waals surface area contributed by atoms with Gasteiger partial charge in [-0.1, -0.05) is 6.08 Å². The summed E-state index contributed by atoms with van der Waals surface area (Å²) in [5.74, 6) is 1.33. The van der Waals surface area contributed by atoms with Crippen LogP contribution in [0.25, 0.3) is 0 Å². The van der Waals surface area contributed by atoms with Crippen molar-refractivity contribution in [2.45, 2.75) is 6.04 Å². The van der Waals surface area contributed by atoms with Crippen molar-refractivity contribution in [2.24, 2.45) is 0 Å². The predicted molar refractivity (Wildman–Crippen MR) is 69.9 cm³/mol. The van der Waals surface area contributed by atoms with E-state index in [0.29, 0.717) is 11.5 Å². The first-order valence-electron chi connectivity index (χ1n) is 5.43. The van der Waals surface area contributed by atoms with Crippen LogP contribution in [-0.2, 0) is 9.84 Å². The summed E-state index contributed by atoms with van der Waals surface area (Å²) in [5, 5.41) is 4.36. The smallest absolute Gasteiger partial charge is 0.173 e. The fraction of sp³-hybridized carbons (Fsp3) is 0.333. The Hall–Kier alpha value is -1.69. The molecule has 1 aliphatic rings. The average Bonchev–Trinajstić information content (AvgIpc) is 2.68. The first-order valence-corrected chi connectivity index (χ1v) is 7.15. The SMILES string of the molecule is COc1ccc(N[C@@H]2C=CS(=O)(=O)C2)cc1OC. The second-order valence-corrected chi connectivity index (χ2v) is 5.91. The van der Waals surface area contributed by atoms with Gasteiger partial charge < -0.3 is 14.8 Å². The molecule has 98 valence electrons. The predicted octanol–water partition coefficient (Wildman–Crippen LogP) is 1.43. The van der Waals surface area contributed by atoms with Crippen molar-refractivity contribution in [2.75, 3.05) is 25.3 Å². The second kappa shape index (κ2) is 4.89. The number of benzene rings is 1. The lowest BCUT2D eigenvalue weighted by Gasteiger charge is -2.14. The van der Waals surface area contributed by atoms with E-state index in [1.807, 2.05) is 6.07 Å². The van der Waals surface area contributed by atoms with Gasteiger partial charge in [-0.15, -0.1) is 0 Å². The Morgan fingerprint density at radius 1 is 1.22 bits per heavy atom. The fourth-order valence-electron chi connectivity index (χ4n) is 1.81. The molecular formula is C12H15NO4S. The normalized spacial score (nSPS) is 20.7. The van der Waals surface area contributed by atoms with Gasteiger partial charge >= 0.3 is 0 Å². The molecule has 18 heavy (non-hydrogen) atoms. The quantitative estimate of drug-likeness (QED) is 0.895. The van der Waals surface area contributed by atoms with Crippen LogP contribution >= 0.6 is 0 Å². The van der Waals surface area contributed by atoms with E-state index in [9.17, 15) is 8.42 Å². The van der Waals surface area contributed by atoms with E-state index in [-0.39, 0.29) is 11.8 Å². The minimum absolute atomic E-state index is 0.0847. The molecule has 1 atom stereocenters. The number of hydrogen-bond donors (Lipinski definition) is 1. The summed E-state index contributed by atoms with van der Waals surface area (Å²) in [7, 11) is 0.0807. The Kier molecular flexibility index (Phi) is 3.47. The van der Waals surface area contributed by atoms with Crippen LogP contribution in [0.4, 0.5) is 5.69 Å². The highest BCUT2D eigenvalue weighted by Gasteiger charge is 2.21. The molecule has 0 fully saturated rings. The standard InChI is InChI=1S/C12H15NO4S/c1-16-11-4-3-9(7-12(11)17-2)13-10-5-6-18(14,15)8-10/h3-7,10,13H,8H2,1-2H3/t10-/m1/s1. The van der Waals surface area contributed by atoms with Crippen LogP contribution in [0.3, 0.4) is 0 Å². The van der Waals surface area contributed by atoms with Gasteiger partial charge in [-0.25, -0.2) is 8.42 Å². The molecule has 1 aliphatic heterocycles. The Balaban J connectivity index is 2.14. The molecule has 0 amide bonds. The molecule has 0 aliphatic carbocycles. The maximum absolute atomic E-state index is 11.3.